The maximum atomic E-state index is 10.7. The summed E-state index contributed by atoms with van der Waals surface area (Å²) in [5.41, 5.74) is 2.31. The lowest BCUT2D eigenvalue weighted by Gasteiger charge is -2.08. The van der Waals surface area contributed by atoms with Crippen LogP contribution in [0.15, 0.2) is 42.5 Å². The van der Waals surface area contributed by atoms with Crippen molar-refractivity contribution in [1.82, 2.24) is 4.98 Å². The first-order valence-electron chi connectivity index (χ1n) is 5.52. The minimum absolute atomic E-state index is 0.0920. The van der Waals surface area contributed by atoms with Gasteiger partial charge in [-0.05, 0) is 6.07 Å². The monoisotopic (exact) mass is 243 g/mol. The Hall–Kier alpha value is -2.36. The topological polar surface area (TPSA) is 59.4 Å². The fourth-order valence-electron chi connectivity index (χ4n) is 1.71. The Labute approximate surface area is 105 Å². The van der Waals surface area contributed by atoms with E-state index >= 15 is 0 Å². The van der Waals surface area contributed by atoms with Crippen molar-refractivity contribution in [3.8, 4) is 17.1 Å². The van der Waals surface area contributed by atoms with Crippen molar-refractivity contribution >= 4 is 5.97 Å². The summed E-state index contributed by atoms with van der Waals surface area (Å²) < 4.78 is 5.13. The van der Waals surface area contributed by atoms with Gasteiger partial charge in [-0.3, -0.25) is 4.79 Å². The van der Waals surface area contributed by atoms with Gasteiger partial charge in [0, 0.05) is 11.1 Å². The molecule has 0 unspecified atom stereocenters. The van der Waals surface area contributed by atoms with Gasteiger partial charge in [-0.2, -0.15) is 0 Å². The Morgan fingerprint density at radius 1 is 1.22 bits per heavy atom. The molecular formula is C14H13NO3. The number of nitrogens with zero attached hydrogens (tertiary/aromatic N) is 1. The average Bonchev–Trinajstić information content (AvgIpc) is 2.39. The molecule has 0 spiro atoms. The number of rotatable bonds is 4. The van der Waals surface area contributed by atoms with Gasteiger partial charge in [0.25, 0.3) is 0 Å². The van der Waals surface area contributed by atoms with E-state index in [4.69, 9.17) is 9.84 Å². The van der Waals surface area contributed by atoms with Crippen LogP contribution in [0.25, 0.3) is 11.3 Å². The Balaban J connectivity index is 2.39. The van der Waals surface area contributed by atoms with Gasteiger partial charge in [0.2, 0.25) is 5.88 Å². The number of aromatic nitrogens is 1. The van der Waals surface area contributed by atoms with Gasteiger partial charge in [-0.15, -0.1) is 0 Å². The van der Waals surface area contributed by atoms with E-state index in [1.165, 1.54) is 7.11 Å². The second-order valence-electron chi connectivity index (χ2n) is 3.80. The van der Waals surface area contributed by atoms with Gasteiger partial charge < -0.3 is 9.84 Å². The fourth-order valence-corrected chi connectivity index (χ4v) is 1.71. The van der Waals surface area contributed by atoms with Crippen LogP contribution in [0.5, 0.6) is 5.88 Å². The number of carboxylic acids is 1. The molecule has 0 bridgehead atoms. The van der Waals surface area contributed by atoms with Crippen LogP contribution < -0.4 is 4.74 Å². The van der Waals surface area contributed by atoms with E-state index < -0.39 is 5.97 Å². The predicted octanol–water partition coefficient (Wildman–Crippen LogP) is 2.38. The minimum atomic E-state index is -0.900. The first-order valence-corrected chi connectivity index (χ1v) is 5.52. The molecule has 18 heavy (non-hydrogen) atoms. The molecule has 2 aromatic rings. The Morgan fingerprint density at radius 3 is 2.56 bits per heavy atom. The van der Waals surface area contributed by atoms with E-state index in [2.05, 4.69) is 4.98 Å². The Kier molecular flexibility index (Phi) is 3.57. The number of ether oxygens (including phenoxy) is 1. The standard InChI is InChI=1S/C14H13NO3/c1-18-14-11(9-13(16)17)7-8-12(15-14)10-5-3-2-4-6-10/h2-8H,9H2,1H3,(H,16,17). The third-order valence-electron chi connectivity index (χ3n) is 2.54. The molecule has 0 aliphatic carbocycles. The summed E-state index contributed by atoms with van der Waals surface area (Å²) in [6.07, 6.45) is -0.0920. The van der Waals surface area contributed by atoms with Gasteiger partial charge in [0.15, 0.2) is 0 Å². The molecule has 0 aliphatic heterocycles. The van der Waals surface area contributed by atoms with Crippen LogP contribution in [-0.2, 0) is 11.2 Å². The third kappa shape index (κ3) is 2.66. The SMILES string of the molecule is COc1nc(-c2ccccc2)ccc1CC(=O)O. The summed E-state index contributed by atoms with van der Waals surface area (Å²) in [5, 5.41) is 8.79. The van der Waals surface area contributed by atoms with Gasteiger partial charge in [0.05, 0.1) is 19.2 Å². The van der Waals surface area contributed by atoms with Crippen LogP contribution in [0.1, 0.15) is 5.56 Å². The molecule has 0 radical (unpaired) electrons. The van der Waals surface area contributed by atoms with E-state index in [0.717, 1.165) is 11.3 Å². The van der Waals surface area contributed by atoms with Crippen molar-refractivity contribution in [3.05, 3.63) is 48.0 Å². The van der Waals surface area contributed by atoms with Crippen molar-refractivity contribution in [2.24, 2.45) is 0 Å². The highest BCUT2D eigenvalue weighted by Gasteiger charge is 2.10. The second-order valence-corrected chi connectivity index (χ2v) is 3.80. The third-order valence-corrected chi connectivity index (χ3v) is 2.54. The zero-order valence-corrected chi connectivity index (χ0v) is 9.96. The summed E-state index contributed by atoms with van der Waals surface area (Å²) in [4.78, 5) is 15.0. The van der Waals surface area contributed by atoms with Crippen LogP contribution >= 0.6 is 0 Å². The molecule has 0 aliphatic rings. The molecule has 0 saturated carbocycles. The van der Waals surface area contributed by atoms with Crippen molar-refractivity contribution in [3.63, 3.8) is 0 Å². The largest absolute Gasteiger partial charge is 0.481 e. The summed E-state index contributed by atoms with van der Waals surface area (Å²) in [6, 6.07) is 13.2. The van der Waals surface area contributed by atoms with Gasteiger partial charge in [-0.1, -0.05) is 36.4 Å². The average molecular weight is 243 g/mol. The molecule has 4 heteroatoms. The summed E-state index contributed by atoms with van der Waals surface area (Å²) in [6.45, 7) is 0. The number of hydrogen-bond donors (Lipinski definition) is 1. The van der Waals surface area contributed by atoms with Crippen molar-refractivity contribution in [1.29, 1.82) is 0 Å². The summed E-state index contributed by atoms with van der Waals surface area (Å²) in [5.74, 6) is -0.540. The van der Waals surface area contributed by atoms with E-state index in [9.17, 15) is 4.79 Å². The molecule has 1 heterocycles. The zero-order valence-electron chi connectivity index (χ0n) is 9.96. The molecule has 1 N–H and O–H groups in total. The zero-order chi connectivity index (χ0) is 13.0. The lowest BCUT2D eigenvalue weighted by atomic mass is 10.1. The highest BCUT2D eigenvalue weighted by Crippen LogP contribution is 2.23. The highest BCUT2D eigenvalue weighted by molar-refractivity contribution is 5.71. The minimum Gasteiger partial charge on any atom is -0.481 e. The highest BCUT2D eigenvalue weighted by atomic mass is 16.5. The van der Waals surface area contributed by atoms with Crippen molar-refractivity contribution in [2.45, 2.75) is 6.42 Å². The van der Waals surface area contributed by atoms with Gasteiger partial charge in [-0.25, -0.2) is 4.98 Å². The van der Waals surface area contributed by atoms with E-state index in [1.807, 2.05) is 30.3 Å². The van der Waals surface area contributed by atoms with Gasteiger partial charge >= 0.3 is 5.97 Å². The molecule has 1 aromatic carbocycles. The molecule has 0 amide bonds. The van der Waals surface area contributed by atoms with Crippen molar-refractivity contribution in [2.75, 3.05) is 7.11 Å². The van der Waals surface area contributed by atoms with Crippen LogP contribution in [-0.4, -0.2) is 23.2 Å². The number of carbonyl (C=O) groups is 1. The summed E-state index contributed by atoms with van der Waals surface area (Å²) in [7, 11) is 1.49. The first kappa shape index (κ1) is 12.1. The van der Waals surface area contributed by atoms with Crippen LogP contribution in [0.3, 0.4) is 0 Å². The number of methoxy groups -OCH3 is 1. The molecule has 0 fully saturated rings. The van der Waals surface area contributed by atoms with E-state index in [0.29, 0.717) is 11.4 Å². The quantitative estimate of drug-likeness (QED) is 0.895. The van der Waals surface area contributed by atoms with Gasteiger partial charge in [0.1, 0.15) is 0 Å². The van der Waals surface area contributed by atoms with Crippen LogP contribution in [0.2, 0.25) is 0 Å². The molecule has 1 aromatic heterocycles. The maximum Gasteiger partial charge on any atom is 0.308 e. The first-order chi connectivity index (χ1) is 8.70. The molecule has 92 valence electrons. The Morgan fingerprint density at radius 2 is 1.94 bits per heavy atom. The molecule has 2 rings (SSSR count). The maximum absolute atomic E-state index is 10.7. The predicted molar refractivity (Wildman–Crippen MR) is 67.6 cm³/mol. The molecule has 4 nitrogen and oxygen atoms in total. The summed E-state index contributed by atoms with van der Waals surface area (Å²) >= 11 is 0. The lowest BCUT2D eigenvalue weighted by Crippen LogP contribution is -2.04. The number of hydrogen-bond acceptors (Lipinski definition) is 3. The molecule has 0 saturated heterocycles. The lowest BCUT2D eigenvalue weighted by molar-refractivity contribution is -0.136. The smallest absolute Gasteiger partial charge is 0.308 e. The normalized spacial score (nSPS) is 10.1. The number of aliphatic carboxylic acids is 1. The molecule has 0 atom stereocenters. The Bertz CT molecular complexity index is 552. The number of benzene rings is 1. The van der Waals surface area contributed by atoms with E-state index in [1.54, 1.807) is 12.1 Å². The van der Waals surface area contributed by atoms with Crippen molar-refractivity contribution < 1.29 is 14.6 Å². The van der Waals surface area contributed by atoms with Crippen LogP contribution in [0.4, 0.5) is 0 Å². The van der Waals surface area contributed by atoms with E-state index in [-0.39, 0.29) is 6.42 Å². The number of pyridine rings is 1. The fraction of sp³-hybridized carbons (Fsp3) is 0.143. The second kappa shape index (κ2) is 5.31. The molecular weight excluding hydrogens is 230 g/mol. The number of carboxylic acid groups (broad SMARTS) is 1. The van der Waals surface area contributed by atoms with Crippen LogP contribution in [0, 0.1) is 0 Å².